The number of esters is 1. The van der Waals surface area contributed by atoms with E-state index in [1.54, 1.807) is 11.3 Å². The minimum absolute atomic E-state index is 0.155. The molecule has 0 spiro atoms. The summed E-state index contributed by atoms with van der Waals surface area (Å²) in [5, 5.41) is 3.25. The zero-order chi connectivity index (χ0) is 24.8. The summed E-state index contributed by atoms with van der Waals surface area (Å²) in [5.41, 5.74) is 4.07. The summed E-state index contributed by atoms with van der Waals surface area (Å²) in [6.45, 7) is 8.91. The number of amides is 1. The van der Waals surface area contributed by atoms with E-state index in [4.69, 9.17) is 9.72 Å². The molecule has 1 aliphatic heterocycles. The number of aromatic nitrogens is 1. The maximum atomic E-state index is 13.2. The summed E-state index contributed by atoms with van der Waals surface area (Å²) < 4.78 is 5.41. The Labute approximate surface area is 211 Å². The standard InChI is InChI=1S/C28H33N3O3S/c1-4-30(5-2)24-13-11-21(12-14-24)25-19-35-27(29-25)23-15-17-31(18-16-23)28(33)26(34-20(3)32)22-9-7-6-8-10-22/h6-14,19,23,26H,4-5,15-18H2,1-3H3. The summed E-state index contributed by atoms with van der Waals surface area (Å²) >= 11 is 1.70. The van der Waals surface area contributed by atoms with Crippen LogP contribution in [0.4, 0.5) is 5.69 Å². The third-order valence-electron chi connectivity index (χ3n) is 6.58. The minimum atomic E-state index is -0.893. The molecule has 0 bridgehead atoms. The van der Waals surface area contributed by atoms with Gasteiger partial charge in [-0.25, -0.2) is 4.98 Å². The van der Waals surface area contributed by atoms with E-state index in [1.807, 2.05) is 35.2 Å². The third kappa shape index (κ3) is 5.90. The minimum Gasteiger partial charge on any atom is -0.447 e. The van der Waals surface area contributed by atoms with Crippen LogP contribution in [-0.4, -0.2) is 47.9 Å². The number of ether oxygens (including phenoxy) is 1. The maximum Gasteiger partial charge on any atom is 0.303 e. The van der Waals surface area contributed by atoms with E-state index in [1.165, 1.54) is 12.6 Å². The summed E-state index contributed by atoms with van der Waals surface area (Å²) in [5.74, 6) is -0.280. The lowest BCUT2D eigenvalue weighted by Gasteiger charge is -2.33. The van der Waals surface area contributed by atoms with Crippen molar-refractivity contribution in [3.63, 3.8) is 0 Å². The molecule has 0 aliphatic carbocycles. The van der Waals surface area contributed by atoms with Crippen LogP contribution in [0, 0.1) is 0 Å². The molecule has 1 atom stereocenters. The van der Waals surface area contributed by atoms with Gasteiger partial charge in [-0.05, 0) is 38.8 Å². The highest BCUT2D eigenvalue weighted by Crippen LogP contribution is 2.34. The molecule has 2 heterocycles. The summed E-state index contributed by atoms with van der Waals surface area (Å²) in [7, 11) is 0. The number of carbonyl (C=O) groups excluding carboxylic acids is 2. The zero-order valence-corrected chi connectivity index (χ0v) is 21.5. The second kappa shape index (κ2) is 11.5. The number of likely N-dealkylation sites (tertiary alicyclic amines) is 1. The molecule has 1 saturated heterocycles. The van der Waals surface area contributed by atoms with Crippen LogP contribution in [-0.2, 0) is 14.3 Å². The third-order valence-corrected chi connectivity index (χ3v) is 7.59. The molecule has 1 aromatic heterocycles. The van der Waals surface area contributed by atoms with Crippen molar-refractivity contribution in [2.45, 2.75) is 45.6 Å². The van der Waals surface area contributed by atoms with Gasteiger partial charge in [-0.2, -0.15) is 0 Å². The van der Waals surface area contributed by atoms with Crippen molar-refractivity contribution in [3.8, 4) is 11.3 Å². The van der Waals surface area contributed by atoms with Crippen LogP contribution in [0.2, 0.25) is 0 Å². The molecule has 1 amide bonds. The monoisotopic (exact) mass is 491 g/mol. The van der Waals surface area contributed by atoms with Crippen molar-refractivity contribution in [2.24, 2.45) is 0 Å². The van der Waals surface area contributed by atoms with E-state index < -0.39 is 12.1 Å². The van der Waals surface area contributed by atoms with E-state index in [2.05, 4.69) is 48.4 Å². The van der Waals surface area contributed by atoms with Gasteiger partial charge < -0.3 is 14.5 Å². The first-order valence-corrected chi connectivity index (χ1v) is 13.2. The fraction of sp³-hybridized carbons (Fsp3) is 0.393. The van der Waals surface area contributed by atoms with E-state index in [9.17, 15) is 9.59 Å². The lowest BCUT2D eigenvalue weighted by molar-refractivity contribution is -0.159. The van der Waals surface area contributed by atoms with Crippen LogP contribution in [0.5, 0.6) is 0 Å². The molecule has 2 aromatic carbocycles. The van der Waals surface area contributed by atoms with Gasteiger partial charge in [0, 0.05) is 61.2 Å². The number of anilines is 1. The highest BCUT2D eigenvalue weighted by molar-refractivity contribution is 7.10. The van der Waals surface area contributed by atoms with Gasteiger partial charge in [0.15, 0.2) is 0 Å². The molecule has 4 rings (SSSR count). The Morgan fingerprint density at radius 2 is 1.71 bits per heavy atom. The topological polar surface area (TPSA) is 62.7 Å². The lowest BCUT2D eigenvalue weighted by Crippen LogP contribution is -2.41. The number of benzene rings is 2. The van der Waals surface area contributed by atoms with E-state index in [-0.39, 0.29) is 5.91 Å². The van der Waals surface area contributed by atoms with Crippen LogP contribution >= 0.6 is 11.3 Å². The Morgan fingerprint density at radius 3 is 2.31 bits per heavy atom. The molecule has 1 fully saturated rings. The predicted octanol–water partition coefficient (Wildman–Crippen LogP) is 5.67. The molecule has 1 unspecified atom stereocenters. The average molecular weight is 492 g/mol. The van der Waals surface area contributed by atoms with Crippen LogP contribution < -0.4 is 4.90 Å². The number of thiazole rings is 1. The van der Waals surface area contributed by atoms with Crippen molar-refractivity contribution >= 4 is 28.9 Å². The molecule has 1 aliphatic rings. The van der Waals surface area contributed by atoms with Gasteiger partial charge in [-0.1, -0.05) is 42.5 Å². The van der Waals surface area contributed by atoms with E-state index >= 15 is 0 Å². The van der Waals surface area contributed by atoms with Crippen LogP contribution in [0.3, 0.4) is 0 Å². The summed E-state index contributed by atoms with van der Waals surface area (Å²) in [4.78, 5) is 34.0. The van der Waals surface area contributed by atoms with E-state index in [0.717, 1.165) is 42.2 Å². The smallest absolute Gasteiger partial charge is 0.303 e. The first kappa shape index (κ1) is 24.9. The Morgan fingerprint density at radius 1 is 1.06 bits per heavy atom. The molecule has 6 nitrogen and oxygen atoms in total. The second-order valence-corrected chi connectivity index (χ2v) is 9.68. The van der Waals surface area contributed by atoms with Crippen LogP contribution in [0.25, 0.3) is 11.3 Å². The molecule has 0 saturated carbocycles. The molecular formula is C28H33N3O3S. The molecule has 35 heavy (non-hydrogen) atoms. The number of hydrogen-bond donors (Lipinski definition) is 0. The van der Waals surface area contributed by atoms with Crippen molar-refractivity contribution in [1.29, 1.82) is 0 Å². The molecular weight excluding hydrogens is 458 g/mol. The van der Waals surface area contributed by atoms with Crippen molar-refractivity contribution in [2.75, 3.05) is 31.1 Å². The SMILES string of the molecule is CCN(CC)c1ccc(-c2csc(C3CCN(C(=O)C(OC(C)=O)c4ccccc4)CC3)n2)cc1. The first-order chi connectivity index (χ1) is 17.0. The largest absolute Gasteiger partial charge is 0.447 e. The molecule has 3 aromatic rings. The van der Waals surface area contributed by atoms with Crippen molar-refractivity contribution in [3.05, 3.63) is 70.5 Å². The normalized spacial score (nSPS) is 15.0. The van der Waals surface area contributed by atoms with Gasteiger partial charge in [0.1, 0.15) is 0 Å². The van der Waals surface area contributed by atoms with Gasteiger partial charge in [-0.3, -0.25) is 9.59 Å². The van der Waals surface area contributed by atoms with Gasteiger partial charge in [0.2, 0.25) is 6.10 Å². The number of piperidine rings is 1. The number of rotatable bonds is 8. The van der Waals surface area contributed by atoms with E-state index in [0.29, 0.717) is 24.6 Å². The van der Waals surface area contributed by atoms with Gasteiger partial charge in [0.05, 0.1) is 10.7 Å². The number of carbonyl (C=O) groups is 2. The Bertz CT molecular complexity index is 1120. The highest BCUT2D eigenvalue weighted by Gasteiger charge is 2.32. The average Bonchev–Trinajstić information content (AvgIpc) is 3.39. The van der Waals surface area contributed by atoms with Gasteiger partial charge >= 0.3 is 5.97 Å². The molecule has 0 N–H and O–H groups in total. The fourth-order valence-corrected chi connectivity index (χ4v) is 5.61. The fourth-order valence-electron chi connectivity index (χ4n) is 4.61. The van der Waals surface area contributed by atoms with Gasteiger partial charge in [-0.15, -0.1) is 11.3 Å². The van der Waals surface area contributed by atoms with Crippen LogP contribution in [0.1, 0.15) is 56.2 Å². The predicted molar refractivity (Wildman–Crippen MR) is 141 cm³/mol. The zero-order valence-electron chi connectivity index (χ0n) is 20.6. The first-order valence-electron chi connectivity index (χ1n) is 12.3. The van der Waals surface area contributed by atoms with Crippen molar-refractivity contribution in [1.82, 2.24) is 9.88 Å². The van der Waals surface area contributed by atoms with Crippen LogP contribution in [0.15, 0.2) is 60.0 Å². The highest BCUT2D eigenvalue weighted by atomic mass is 32.1. The maximum absolute atomic E-state index is 13.2. The van der Waals surface area contributed by atoms with Crippen molar-refractivity contribution < 1.29 is 14.3 Å². The number of hydrogen-bond acceptors (Lipinski definition) is 6. The molecule has 0 radical (unpaired) electrons. The Kier molecular flexibility index (Phi) is 8.18. The summed E-state index contributed by atoms with van der Waals surface area (Å²) in [6.07, 6.45) is 0.804. The van der Waals surface area contributed by atoms with Gasteiger partial charge in [0.25, 0.3) is 5.91 Å². The Balaban J connectivity index is 1.39. The number of nitrogens with zero attached hydrogens (tertiary/aromatic N) is 3. The quantitative estimate of drug-likeness (QED) is 0.380. The lowest BCUT2D eigenvalue weighted by atomic mass is 9.96. The molecule has 184 valence electrons. The second-order valence-electron chi connectivity index (χ2n) is 8.79. The Hall–Kier alpha value is -3.19. The molecule has 7 heteroatoms. The summed E-state index contributed by atoms with van der Waals surface area (Å²) in [6, 6.07) is 17.8.